The van der Waals surface area contributed by atoms with Gasteiger partial charge in [0.15, 0.2) is 0 Å². The second kappa shape index (κ2) is 6.76. The Bertz CT molecular complexity index is 1010. The SMILES string of the molecule is COC(=O)c1ccc(C)c(NCc2cc(=O)n3c(C)cccc3n2)c1. The van der Waals surface area contributed by atoms with Crippen LogP contribution in [0.15, 0.2) is 47.3 Å². The van der Waals surface area contributed by atoms with Gasteiger partial charge in [0.1, 0.15) is 5.65 Å². The highest BCUT2D eigenvalue weighted by Gasteiger charge is 2.09. The number of carbonyl (C=O) groups is 1. The summed E-state index contributed by atoms with van der Waals surface area (Å²) in [6, 6.07) is 12.4. The summed E-state index contributed by atoms with van der Waals surface area (Å²) in [4.78, 5) is 28.5. The van der Waals surface area contributed by atoms with E-state index < -0.39 is 0 Å². The van der Waals surface area contributed by atoms with Gasteiger partial charge >= 0.3 is 5.97 Å². The lowest BCUT2D eigenvalue weighted by molar-refractivity contribution is 0.0601. The third-order valence-electron chi connectivity index (χ3n) is 4.05. The Morgan fingerprint density at radius 1 is 1.20 bits per heavy atom. The number of aryl methyl sites for hydroxylation is 2. The maximum atomic E-state index is 12.3. The van der Waals surface area contributed by atoms with E-state index in [1.165, 1.54) is 13.2 Å². The van der Waals surface area contributed by atoms with Crippen LogP contribution < -0.4 is 10.9 Å². The smallest absolute Gasteiger partial charge is 0.337 e. The molecule has 0 saturated carbocycles. The summed E-state index contributed by atoms with van der Waals surface area (Å²) in [6.07, 6.45) is 0. The Morgan fingerprint density at radius 3 is 2.76 bits per heavy atom. The summed E-state index contributed by atoms with van der Waals surface area (Å²) in [6.45, 7) is 4.19. The number of hydrogen-bond acceptors (Lipinski definition) is 5. The number of ether oxygens (including phenoxy) is 1. The van der Waals surface area contributed by atoms with Gasteiger partial charge in [0.05, 0.1) is 24.9 Å². The molecule has 0 atom stereocenters. The quantitative estimate of drug-likeness (QED) is 0.741. The van der Waals surface area contributed by atoms with Gasteiger partial charge in [-0.05, 0) is 43.7 Å². The molecule has 0 spiro atoms. The van der Waals surface area contributed by atoms with Crippen LogP contribution in [0.25, 0.3) is 5.65 Å². The van der Waals surface area contributed by atoms with Crippen molar-refractivity contribution in [2.24, 2.45) is 0 Å². The van der Waals surface area contributed by atoms with Crippen molar-refractivity contribution in [3.05, 3.63) is 75.3 Å². The van der Waals surface area contributed by atoms with Crippen LogP contribution in [0.1, 0.15) is 27.3 Å². The number of aromatic nitrogens is 2. The van der Waals surface area contributed by atoms with E-state index in [1.807, 2.05) is 32.0 Å². The van der Waals surface area contributed by atoms with Gasteiger partial charge in [-0.25, -0.2) is 9.78 Å². The molecule has 25 heavy (non-hydrogen) atoms. The fraction of sp³-hybridized carbons (Fsp3) is 0.211. The van der Waals surface area contributed by atoms with Crippen LogP contribution in [-0.2, 0) is 11.3 Å². The fourth-order valence-corrected chi connectivity index (χ4v) is 2.70. The number of benzene rings is 1. The van der Waals surface area contributed by atoms with E-state index in [0.29, 0.717) is 23.4 Å². The van der Waals surface area contributed by atoms with E-state index in [1.54, 1.807) is 22.6 Å². The van der Waals surface area contributed by atoms with Crippen molar-refractivity contribution in [2.45, 2.75) is 20.4 Å². The van der Waals surface area contributed by atoms with Gasteiger partial charge in [0, 0.05) is 17.4 Å². The zero-order chi connectivity index (χ0) is 18.0. The number of rotatable bonds is 4. The predicted molar refractivity (Wildman–Crippen MR) is 96.0 cm³/mol. The first-order chi connectivity index (χ1) is 12.0. The summed E-state index contributed by atoms with van der Waals surface area (Å²) < 4.78 is 6.32. The molecular formula is C19H19N3O3. The van der Waals surface area contributed by atoms with E-state index in [9.17, 15) is 9.59 Å². The summed E-state index contributed by atoms with van der Waals surface area (Å²) in [5.74, 6) is -0.388. The fourth-order valence-electron chi connectivity index (χ4n) is 2.70. The summed E-state index contributed by atoms with van der Waals surface area (Å²) in [5.41, 5.74) is 4.24. The molecule has 128 valence electrons. The number of hydrogen-bond donors (Lipinski definition) is 1. The molecular weight excluding hydrogens is 318 g/mol. The standard InChI is InChI=1S/C19H19N3O3/c1-12-7-8-14(19(24)25-3)9-16(12)20-11-15-10-18(23)22-13(2)5-4-6-17(22)21-15/h4-10,20H,11H2,1-3H3. The van der Waals surface area contributed by atoms with Gasteiger partial charge < -0.3 is 10.1 Å². The summed E-state index contributed by atoms with van der Waals surface area (Å²) in [7, 11) is 1.35. The third kappa shape index (κ3) is 3.38. The molecule has 0 amide bonds. The molecule has 0 aliphatic carbocycles. The number of carbonyl (C=O) groups excluding carboxylic acids is 1. The van der Waals surface area contributed by atoms with E-state index in [4.69, 9.17) is 4.74 Å². The molecule has 1 N–H and O–H groups in total. The Labute approximate surface area is 145 Å². The molecule has 6 heteroatoms. The van der Waals surface area contributed by atoms with Crippen LogP contribution >= 0.6 is 0 Å². The van der Waals surface area contributed by atoms with E-state index >= 15 is 0 Å². The Morgan fingerprint density at radius 2 is 2.00 bits per heavy atom. The minimum Gasteiger partial charge on any atom is -0.465 e. The molecule has 6 nitrogen and oxygen atoms in total. The maximum Gasteiger partial charge on any atom is 0.337 e. The summed E-state index contributed by atoms with van der Waals surface area (Å²) in [5, 5.41) is 3.24. The third-order valence-corrected chi connectivity index (χ3v) is 4.05. The lowest BCUT2D eigenvalue weighted by atomic mass is 10.1. The molecule has 0 saturated heterocycles. The van der Waals surface area contributed by atoms with Crippen molar-refractivity contribution >= 4 is 17.3 Å². The largest absolute Gasteiger partial charge is 0.465 e. The van der Waals surface area contributed by atoms with Crippen molar-refractivity contribution in [1.29, 1.82) is 0 Å². The Kier molecular flexibility index (Phi) is 4.52. The lowest BCUT2D eigenvalue weighted by Crippen LogP contribution is -2.18. The zero-order valence-corrected chi connectivity index (χ0v) is 14.4. The van der Waals surface area contributed by atoms with Crippen molar-refractivity contribution in [3.8, 4) is 0 Å². The topological polar surface area (TPSA) is 72.7 Å². The average molecular weight is 337 g/mol. The first kappa shape index (κ1) is 16.7. The van der Waals surface area contributed by atoms with Gasteiger partial charge in [-0.1, -0.05) is 12.1 Å². The van der Waals surface area contributed by atoms with Crippen LogP contribution in [0.2, 0.25) is 0 Å². The van der Waals surface area contributed by atoms with Crippen molar-refractivity contribution in [2.75, 3.05) is 12.4 Å². The molecule has 1 aromatic carbocycles. The molecule has 3 aromatic rings. The van der Waals surface area contributed by atoms with Crippen LogP contribution in [0.3, 0.4) is 0 Å². The molecule has 0 bridgehead atoms. The lowest BCUT2D eigenvalue weighted by Gasteiger charge is -2.11. The van der Waals surface area contributed by atoms with Crippen LogP contribution in [0, 0.1) is 13.8 Å². The van der Waals surface area contributed by atoms with Crippen molar-refractivity contribution in [1.82, 2.24) is 9.38 Å². The number of esters is 1. The Hall–Kier alpha value is -3.15. The highest BCUT2D eigenvalue weighted by molar-refractivity contribution is 5.90. The van der Waals surface area contributed by atoms with Crippen molar-refractivity contribution in [3.63, 3.8) is 0 Å². The normalized spacial score (nSPS) is 10.7. The number of nitrogens with one attached hydrogen (secondary N) is 1. The van der Waals surface area contributed by atoms with Gasteiger partial charge in [-0.2, -0.15) is 0 Å². The second-order valence-corrected chi connectivity index (χ2v) is 5.82. The zero-order valence-electron chi connectivity index (χ0n) is 14.4. The van der Waals surface area contributed by atoms with Crippen molar-refractivity contribution < 1.29 is 9.53 Å². The van der Waals surface area contributed by atoms with E-state index in [-0.39, 0.29) is 11.5 Å². The monoisotopic (exact) mass is 337 g/mol. The van der Waals surface area contributed by atoms with E-state index in [2.05, 4.69) is 10.3 Å². The molecule has 0 unspecified atom stereocenters. The van der Waals surface area contributed by atoms with Crippen LogP contribution in [-0.4, -0.2) is 22.5 Å². The number of nitrogens with zero attached hydrogens (tertiary/aromatic N) is 2. The maximum absolute atomic E-state index is 12.3. The second-order valence-electron chi connectivity index (χ2n) is 5.82. The molecule has 0 aliphatic rings. The number of anilines is 1. The minimum absolute atomic E-state index is 0.111. The van der Waals surface area contributed by atoms with Gasteiger partial charge in [-0.15, -0.1) is 0 Å². The molecule has 0 radical (unpaired) electrons. The van der Waals surface area contributed by atoms with Gasteiger partial charge in [0.25, 0.3) is 5.56 Å². The highest BCUT2D eigenvalue weighted by Crippen LogP contribution is 2.18. The van der Waals surface area contributed by atoms with Crippen LogP contribution in [0.4, 0.5) is 5.69 Å². The van der Waals surface area contributed by atoms with Gasteiger partial charge in [-0.3, -0.25) is 9.20 Å². The van der Waals surface area contributed by atoms with Crippen LogP contribution in [0.5, 0.6) is 0 Å². The number of pyridine rings is 1. The summed E-state index contributed by atoms with van der Waals surface area (Å²) >= 11 is 0. The molecule has 3 rings (SSSR count). The molecule has 0 fully saturated rings. The highest BCUT2D eigenvalue weighted by atomic mass is 16.5. The van der Waals surface area contributed by atoms with Gasteiger partial charge in [0.2, 0.25) is 0 Å². The molecule has 2 aromatic heterocycles. The first-order valence-electron chi connectivity index (χ1n) is 7.91. The van der Waals surface area contributed by atoms with E-state index in [0.717, 1.165) is 16.9 Å². The molecule has 0 aliphatic heterocycles. The first-order valence-corrected chi connectivity index (χ1v) is 7.91. The minimum atomic E-state index is -0.388. The predicted octanol–water partition coefficient (Wildman–Crippen LogP) is 2.71. The average Bonchev–Trinajstić information content (AvgIpc) is 2.60. The number of methoxy groups -OCH3 is 1. The number of fused-ring (bicyclic) bond motifs is 1. The Balaban J connectivity index is 1.88. The molecule has 2 heterocycles.